The van der Waals surface area contributed by atoms with Crippen molar-refractivity contribution in [1.82, 2.24) is 10.6 Å². The number of fused-ring (bicyclic) bond motifs is 1. The van der Waals surface area contributed by atoms with Crippen LogP contribution < -0.4 is 20.1 Å². The van der Waals surface area contributed by atoms with Crippen LogP contribution in [0.25, 0.3) is 0 Å². The monoisotopic (exact) mass is 311 g/mol. The minimum absolute atomic E-state index is 0.180. The highest BCUT2D eigenvalue weighted by Gasteiger charge is 2.13. The van der Waals surface area contributed by atoms with Gasteiger partial charge in [0.15, 0.2) is 17.5 Å². The number of benzene rings is 2. The number of rotatable bonds is 4. The Kier molecular flexibility index (Phi) is 4.66. The van der Waals surface area contributed by atoms with Gasteiger partial charge in [0.25, 0.3) is 0 Å². The summed E-state index contributed by atoms with van der Waals surface area (Å²) in [7, 11) is 1.77. The third-order valence-corrected chi connectivity index (χ3v) is 3.77. The molecule has 0 saturated carbocycles. The second kappa shape index (κ2) is 7.05. The molecule has 3 rings (SSSR count). The highest BCUT2D eigenvalue weighted by molar-refractivity contribution is 5.80. The molecule has 0 radical (unpaired) electrons. The lowest BCUT2D eigenvalue weighted by molar-refractivity contribution is 0.174. The Balaban J connectivity index is 1.58. The van der Waals surface area contributed by atoms with E-state index in [1.165, 1.54) is 5.56 Å². The van der Waals surface area contributed by atoms with E-state index < -0.39 is 0 Å². The maximum Gasteiger partial charge on any atom is 0.231 e. The molecule has 0 fully saturated rings. The Morgan fingerprint density at radius 3 is 2.70 bits per heavy atom. The van der Waals surface area contributed by atoms with Gasteiger partial charge < -0.3 is 20.1 Å². The van der Waals surface area contributed by atoms with E-state index in [1.807, 2.05) is 36.4 Å². The molecule has 120 valence electrons. The van der Waals surface area contributed by atoms with Crippen molar-refractivity contribution >= 4 is 5.96 Å². The Morgan fingerprint density at radius 2 is 1.91 bits per heavy atom. The van der Waals surface area contributed by atoms with E-state index >= 15 is 0 Å². The second-order valence-corrected chi connectivity index (χ2v) is 5.39. The number of nitrogens with zero attached hydrogens (tertiary/aromatic N) is 1. The normalized spacial score (nSPS) is 14.4. The molecule has 5 nitrogen and oxygen atoms in total. The van der Waals surface area contributed by atoms with Crippen molar-refractivity contribution in [2.24, 2.45) is 4.99 Å². The predicted molar refractivity (Wildman–Crippen MR) is 90.8 cm³/mol. The minimum Gasteiger partial charge on any atom is -0.454 e. The Morgan fingerprint density at radius 1 is 1.13 bits per heavy atom. The van der Waals surface area contributed by atoms with E-state index in [9.17, 15) is 0 Å². The van der Waals surface area contributed by atoms with Crippen LogP contribution in [0.3, 0.4) is 0 Å². The van der Waals surface area contributed by atoms with Gasteiger partial charge in [0.2, 0.25) is 6.79 Å². The van der Waals surface area contributed by atoms with E-state index in [-0.39, 0.29) is 6.04 Å². The van der Waals surface area contributed by atoms with Crippen molar-refractivity contribution in [3.8, 4) is 11.5 Å². The average Bonchev–Trinajstić information content (AvgIpc) is 3.07. The Labute approximate surface area is 136 Å². The summed E-state index contributed by atoms with van der Waals surface area (Å²) in [6, 6.07) is 16.4. The van der Waals surface area contributed by atoms with Crippen LogP contribution in [0.1, 0.15) is 24.1 Å². The molecule has 1 heterocycles. The smallest absolute Gasteiger partial charge is 0.231 e. The zero-order valence-corrected chi connectivity index (χ0v) is 13.4. The van der Waals surface area contributed by atoms with Crippen LogP contribution in [-0.2, 0) is 6.54 Å². The largest absolute Gasteiger partial charge is 0.454 e. The molecule has 1 unspecified atom stereocenters. The summed E-state index contributed by atoms with van der Waals surface area (Å²) in [6.07, 6.45) is 0. The number of nitrogens with one attached hydrogen (secondary N) is 2. The summed E-state index contributed by atoms with van der Waals surface area (Å²) in [5, 5.41) is 6.71. The molecule has 0 aliphatic carbocycles. The molecular formula is C18H21N3O2. The number of aliphatic imine (C=N–C) groups is 1. The molecule has 2 N–H and O–H groups in total. The van der Waals surface area contributed by atoms with Gasteiger partial charge in [0.05, 0.1) is 6.04 Å². The van der Waals surface area contributed by atoms with Gasteiger partial charge in [-0.2, -0.15) is 0 Å². The number of hydrogen-bond acceptors (Lipinski definition) is 3. The van der Waals surface area contributed by atoms with Gasteiger partial charge in [-0.15, -0.1) is 0 Å². The summed E-state index contributed by atoms with van der Waals surface area (Å²) in [6.45, 7) is 3.07. The fourth-order valence-electron chi connectivity index (χ4n) is 2.46. The first-order chi connectivity index (χ1) is 11.3. The van der Waals surface area contributed by atoms with Crippen LogP contribution >= 0.6 is 0 Å². The highest BCUT2D eigenvalue weighted by atomic mass is 16.7. The topological polar surface area (TPSA) is 54.9 Å². The van der Waals surface area contributed by atoms with E-state index in [0.717, 1.165) is 23.0 Å². The molecule has 23 heavy (non-hydrogen) atoms. The van der Waals surface area contributed by atoms with Crippen LogP contribution in [0.2, 0.25) is 0 Å². The Bertz CT molecular complexity index is 686. The first kappa shape index (κ1) is 15.2. The molecule has 0 amide bonds. The van der Waals surface area contributed by atoms with Gasteiger partial charge >= 0.3 is 0 Å². The van der Waals surface area contributed by atoms with Crippen LogP contribution in [0.4, 0.5) is 0 Å². The quantitative estimate of drug-likeness (QED) is 0.673. The first-order valence-corrected chi connectivity index (χ1v) is 7.67. The molecule has 0 spiro atoms. The zero-order valence-electron chi connectivity index (χ0n) is 13.4. The molecule has 2 aromatic rings. The van der Waals surface area contributed by atoms with Crippen LogP contribution in [-0.4, -0.2) is 19.8 Å². The summed E-state index contributed by atoms with van der Waals surface area (Å²) in [5.41, 5.74) is 2.34. The van der Waals surface area contributed by atoms with Gasteiger partial charge in [-0.3, -0.25) is 4.99 Å². The Hall–Kier alpha value is -2.69. The standard InChI is InChI=1S/C18H21N3O2/c1-13(15-6-4-3-5-7-15)21-18(19-2)20-11-14-8-9-16-17(10-14)23-12-22-16/h3-10,13H,11-12H2,1-2H3,(H2,19,20,21). The fraction of sp³-hybridized carbons (Fsp3) is 0.278. The maximum atomic E-state index is 5.40. The first-order valence-electron chi connectivity index (χ1n) is 7.67. The molecule has 0 saturated heterocycles. The van der Waals surface area contributed by atoms with Crippen LogP contribution in [0.5, 0.6) is 11.5 Å². The molecule has 0 bridgehead atoms. The van der Waals surface area contributed by atoms with Crippen molar-refractivity contribution in [2.45, 2.75) is 19.5 Å². The molecule has 1 aliphatic heterocycles. The van der Waals surface area contributed by atoms with E-state index in [1.54, 1.807) is 7.05 Å². The SMILES string of the molecule is CN=C(NCc1ccc2c(c1)OCO2)NC(C)c1ccccc1. The number of guanidine groups is 1. The van der Waals surface area contributed by atoms with Gasteiger partial charge in [0.1, 0.15) is 0 Å². The van der Waals surface area contributed by atoms with Crippen molar-refractivity contribution in [3.05, 3.63) is 59.7 Å². The maximum absolute atomic E-state index is 5.40. The van der Waals surface area contributed by atoms with Gasteiger partial charge in [-0.25, -0.2) is 0 Å². The third-order valence-electron chi connectivity index (χ3n) is 3.77. The van der Waals surface area contributed by atoms with E-state index in [2.05, 4.69) is 34.7 Å². The molecule has 1 atom stereocenters. The highest BCUT2D eigenvalue weighted by Crippen LogP contribution is 2.32. The molecule has 1 aliphatic rings. The lowest BCUT2D eigenvalue weighted by Gasteiger charge is -2.18. The van der Waals surface area contributed by atoms with Gasteiger partial charge in [-0.1, -0.05) is 36.4 Å². The molecule has 0 aromatic heterocycles. The second-order valence-electron chi connectivity index (χ2n) is 5.39. The summed E-state index contributed by atoms with van der Waals surface area (Å²) in [5.74, 6) is 2.36. The van der Waals surface area contributed by atoms with Crippen molar-refractivity contribution in [1.29, 1.82) is 0 Å². The number of ether oxygens (including phenoxy) is 2. The summed E-state index contributed by atoms with van der Waals surface area (Å²) < 4.78 is 10.7. The van der Waals surface area contributed by atoms with E-state index in [0.29, 0.717) is 13.3 Å². The van der Waals surface area contributed by atoms with Crippen molar-refractivity contribution in [2.75, 3.05) is 13.8 Å². The third kappa shape index (κ3) is 3.74. The average molecular weight is 311 g/mol. The van der Waals surface area contributed by atoms with Crippen LogP contribution in [0, 0.1) is 0 Å². The lowest BCUT2D eigenvalue weighted by atomic mass is 10.1. The predicted octanol–water partition coefficient (Wildman–Crippen LogP) is 2.84. The van der Waals surface area contributed by atoms with Crippen molar-refractivity contribution < 1.29 is 9.47 Å². The molecular weight excluding hydrogens is 290 g/mol. The summed E-state index contributed by atoms with van der Waals surface area (Å²) in [4.78, 5) is 4.28. The zero-order chi connectivity index (χ0) is 16.1. The lowest BCUT2D eigenvalue weighted by Crippen LogP contribution is -2.38. The molecule has 2 aromatic carbocycles. The summed E-state index contributed by atoms with van der Waals surface area (Å²) >= 11 is 0. The minimum atomic E-state index is 0.180. The van der Waals surface area contributed by atoms with Crippen molar-refractivity contribution in [3.63, 3.8) is 0 Å². The van der Waals surface area contributed by atoms with Crippen LogP contribution in [0.15, 0.2) is 53.5 Å². The molecule has 5 heteroatoms. The van der Waals surface area contributed by atoms with Gasteiger partial charge in [0, 0.05) is 13.6 Å². The number of hydrogen-bond donors (Lipinski definition) is 2. The fourth-order valence-corrected chi connectivity index (χ4v) is 2.46. The van der Waals surface area contributed by atoms with E-state index in [4.69, 9.17) is 9.47 Å². The van der Waals surface area contributed by atoms with Gasteiger partial charge in [-0.05, 0) is 30.2 Å².